The van der Waals surface area contributed by atoms with Gasteiger partial charge in [-0.15, -0.1) is 37.7 Å². The lowest BCUT2D eigenvalue weighted by Crippen LogP contribution is -2.36. The van der Waals surface area contributed by atoms with Crippen molar-refractivity contribution in [2.24, 2.45) is 23.4 Å². The SMILES string of the molecule is C=S(C)(C)=NC1CCN(c2ccc(-c3cc(OC(C)C)cn4ncc(C#N)c34)cn2)CC1.C=S(C)(C)=NC1CCN(c2ccc(-c3cc(OC)cn4ncc(C#N)c34)cn2)CC1.C=S(C)(C)=NC1CCN(c2ccc(-c3cc(OCC)cn4ncc(C#N)c34)cn2)CC1.C=S(C)(C)=NC1CCN(c2ccc(-c3cc(OCC4CC4)cn4ncc(C#N)c34)cn2)CC1. The number of methoxy groups -OCH3 is 1. The number of nitriles is 4. The molecule has 16 heterocycles. The average molecular weight is 1770 g/mol. The summed E-state index contributed by atoms with van der Waals surface area (Å²) in [4.78, 5) is 28.2. The molecule has 5 aliphatic rings. The van der Waals surface area contributed by atoms with E-state index in [1.54, 1.807) is 62.4 Å². The second-order valence-corrected chi connectivity index (χ2v) is 47.3. The fourth-order valence-electron chi connectivity index (χ4n) is 16.2. The third kappa shape index (κ3) is 22.9. The van der Waals surface area contributed by atoms with Gasteiger partial charge in [0.1, 0.15) is 70.5 Å². The number of ether oxygens (including phenoxy) is 4. The van der Waals surface area contributed by atoms with Gasteiger partial charge in [-0.05, 0) is 214 Å². The molecule has 0 bridgehead atoms. The topological polar surface area (TPSA) is 315 Å². The molecule has 0 N–H and O–H groups in total. The zero-order valence-electron chi connectivity index (χ0n) is 74.3. The highest BCUT2D eigenvalue weighted by molar-refractivity contribution is 8.01. The molecule has 4 aliphatic heterocycles. The van der Waals surface area contributed by atoms with Crippen LogP contribution in [0, 0.1) is 51.2 Å². The Morgan fingerprint density at radius 2 is 0.643 bits per heavy atom. The summed E-state index contributed by atoms with van der Waals surface area (Å²) < 4.78 is 49.4. The third-order valence-corrected chi connectivity index (χ3v) is 25.5. The molecular formula is C94H114N24O4S4. The number of pyridine rings is 8. The summed E-state index contributed by atoms with van der Waals surface area (Å²) in [5.74, 6) is 24.1. The number of fused-ring (bicyclic) bond motifs is 4. The van der Waals surface area contributed by atoms with Crippen molar-refractivity contribution >= 4 is 106 Å². The number of nitrogens with zero attached hydrogens (tertiary/aromatic N) is 24. The lowest BCUT2D eigenvalue weighted by molar-refractivity contribution is 0.241. The molecule has 0 aromatic carbocycles. The number of anilines is 4. The minimum atomic E-state index is -1.07. The van der Waals surface area contributed by atoms with E-state index in [1.807, 2.05) is 94.4 Å². The number of rotatable bonds is 20. The molecule has 0 atom stereocenters. The van der Waals surface area contributed by atoms with Gasteiger partial charge in [0.2, 0.25) is 0 Å². The quantitative estimate of drug-likeness (QED) is 0.0640. The molecule has 0 unspecified atom stereocenters. The minimum Gasteiger partial charge on any atom is -0.495 e. The monoisotopic (exact) mass is 1770 g/mol. The van der Waals surface area contributed by atoms with Gasteiger partial charge in [-0.25, -0.2) is 38.0 Å². The molecule has 12 aromatic rings. The molecule has 17 rings (SSSR count). The number of hydrogen-bond acceptors (Lipinski definition) is 24. The lowest BCUT2D eigenvalue weighted by Gasteiger charge is -2.31. The van der Waals surface area contributed by atoms with E-state index in [2.05, 4.69) is 174 Å². The maximum Gasteiger partial charge on any atom is 0.138 e. The molecule has 28 nitrogen and oxygen atoms in total. The van der Waals surface area contributed by atoms with Crippen molar-refractivity contribution in [2.45, 2.75) is 115 Å². The Morgan fingerprint density at radius 3 is 0.881 bits per heavy atom. The van der Waals surface area contributed by atoms with Gasteiger partial charge in [0.15, 0.2) is 0 Å². The first-order chi connectivity index (χ1) is 60.4. The highest BCUT2D eigenvalue weighted by Gasteiger charge is 2.28. The van der Waals surface area contributed by atoms with Crippen molar-refractivity contribution < 1.29 is 18.9 Å². The Labute approximate surface area is 742 Å². The molecule has 32 heteroatoms. The van der Waals surface area contributed by atoms with Crippen molar-refractivity contribution in [1.82, 2.24) is 58.4 Å². The Morgan fingerprint density at radius 1 is 0.381 bits per heavy atom. The van der Waals surface area contributed by atoms with Crippen molar-refractivity contribution in [3.8, 4) is 91.8 Å². The number of hydrogen-bond donors (Lipinski definition) is 0. The van der Waals surface area contributed by atoms with Crippen LogP contribution in [0.4, 0.5) is 23.3 Å². The minimum absolute atomic E-state index is 0.0390. The fourth-order valence-corrected chi connectivity index (χ4v) is 20.3. The van der Waals surface area contributed by atoms with Crippen LogP contribution in [-0.2, 0) is 37.7 Å². The largest absolute Gasteiger partial charge is 0.495 e. The van der Waals surface area contributed by atoms with Gasteiger partial charge < -0.3 is 38.5 Å². The van der Waals surface area contributed by atoms with E-state index in [4.69, 9.17) is 56.3 Å². The molecule has 0 radical (unpaired) electrons. The summed E-state index contributed by atoms with van der Waals surface area (Å²) in [5, 5.41) is 55.4. The van der Waals surface area contributed by atoms with Crippen molar-refractivity contribution in [3.05, 3.63) is 169 Å². The summed E-state index contributed by atoms with van der Waals surface area (Å²) in [6.07, 6.45) is 49.0. The van der Waals surface area contributed by atoms with E-state index < -0.39 is 37.7 Å². The normalized spacial score (nSPS) is 15.7. The van der Waals surface area contributed by atoms with E-state index in [1.165, 1.54) is 12.8 Å². The van der Waals surface area contributed by atoms with Gasteiger partial charge in [0.05, 0.1) is 144 Å². The zero-order valence-corrected chi connectivity index (χ0v) is 77.6. The second-order valence-electron chi connectivity index (χ2n) is 34.6. The first-order valence-corrected chi connectivity index (χ1v) is 52.8. The van der Waals surface area contributed by atoms with E-state index in [0.29, 0.717) is 76.2 Å². The molecule has 0 amide bonds. The Balaban J connectivity index is 0.000000136. The third-order valence-electron chi connectivity index (χ3n) is 22.1. The van der Waals surface area contributed by atoms with Gasteiger partial charge in [-0.3, -0.25) is 17.5 Å². The highest BCUT2D eigenvalue weighted by atomic mass is 32.2. The Hall–Kier alpha value is -12.2. The van der Waals surface area contributed by atoms with Crippen LogP contribution in [0.15, 0.2) is 165 Å². The predicted octanol–water partition coefficient (Wildman–Crippen LogP) is 15.0. The molecule has 658 valence electrons. The summed E-state index contributed by atoms with van der Waals surface area (Å²) in [6, 6.07) is 34.9. The van der Waals surface area contributed by atoms with Crippen LogP contribution >= 0.6 is 0 Å². The van der Waals surface area contributed by atoms with Gasteiger partial charge in [0.25, 0.3) is 0 Å². The molecule has 1 aliphatic carbocycles. The maximum absolute atomic E-state index is 9.59. The van der Waals surface area contributed by atoms with Crippen molar-refractivity contribution in [2.75, 3.05) is 142 Å². The van der Waals surface area contributed by atoms with Gasteiger partial charge in [0, 0.05) is 122 Å². The summed E-state index contributed by atoms with van der Waals surface area (Å²) in [6.45, 7) is 14.8. The number of aromatic nitrogens is 12. The smallest absolute Gasteiger partial charge is 0.138 e. The van der Waals surface area contributed by atoms with Crippen molar-refractivity contribution in [3.63, 3.8) is 0 Å². The molecule has 0 spiro atoms. The summed E-state index contributed by atoms with van der Waals surface area (Å²) in [5.41, 5.74) is 12.5. The zero-order chi connectivity index (χ0) is 89.2. The Bertz CT molecular complexity index is 6620. The van der Waals surface area contributed by atoms with Crippen LogP contribution in [0.25, 0.3) is 66.6 Å². The van der Waals surface area contributed by atoms with Gasteiger partial charge >= 0.3 is 0 Å². The summed E-state index contributed by atoms with van der Waals surface area (Å²) >= 11 is 0. The first-order valence-electron chi connectivity index (χ1n) is 42.5. The first kappa shape index (κ1) is 90.1. The number of piperidine rings is 4. The fraction of sp³-hybridized carbons (Fsp3) is 0.404. The molecule has 4 saturated heterocycles. The van der Waals surface area contributed by atoms with Crippen LogP contribution in [0.2, 0.25) is 0 Å². The van der Waals surface area contributed by atoms with E-state index in [9.17, 15) is 21.0 Å². The average Bonchev–Trinajstić information content (AvgIpc) is 1.60. The van der Waals surface area contributed by atoms with Crippen molar-refractivity contribution in [1.29, 1.82) is 21.0 Å². The molecule has 5 fully saturated rings. The van der Waals surface area contributed by atoms with Crippen LogP contribution in [0.3, 0.4) is 0 Å². The standard InChI is InChI=1S/C25H30N6OS.C24H30N6OS.C23H28N6OS.C22H26N6OS/c1-33(2,3)29-21-8-10-30(11-9-21)24-7-6-19(14-27-24)23-12-22(32-17-18-4-5-18)16-31-25(23)20(13-26)15-28-31;1-17(2)31-21-12-22(24-19(13-25)15-27-30(24)16-21)18-6-7-23(26-14-18)29-10-8-20(9-11-29)28-32(3,4)5;1-5-30-20-12-21(23-18(13-24)15-26-29(23)16-20)17-6-7-22(25-14-17)28-10-8-19(9-11-28)27-31(2,3)4;1-29-19-11-20(22-17(12-23)14-25-28(22)15-19)16-5-6-21(24-13-16)27-9-7-18(8-10-27)26-30(2,3)4/h6-7,12,14-16,18,21H,1,4-5,8-11,17H2,2-3H3;6-7,12,14-17,20H,3,8-11H2,1-2,4-5H3;6-7,12,14-16,19H,2,5,8-11H2,1,3-4H3;5-6,11,13-15,18H,2,7-10H2,1,3-4H3. The van der Waals surface area contributed by atoms with E-state index in [0.717, 1.165) is 206 Å². The van der Waals surface area contributed by atoms with Crippen LogP contribution in [-0.4, -0.2) is 235 Å². The molecule has 12 aromatic heterocycles. The van der Waals surface area contributed by atoms with E-state index in [-0.39, 0.29) is 6.10 Å². The van der Waals surface area contributed by atoms with Crippen LogP contribution in [0.5, 0.6) is 23.0 Å². The Kier molecular flexibility index (Phi) is 28.0. The van der Waals surface area contributed by atoms with E-state index >= 15 is 0 Å². The second kappa shape index (κ2) is 39.1. The molecule has 126 heavy (non-hydrogen) atoms. The summed E-state index contributed by atoms with van der Waals surface area (Å²) in [7, 11) is -2.66. The predicted molar refractivity (Wildman–Crippen MR) is 520 cm³/mol. The lowest BCUT2D eigenvalue weighted by atomic mass is 10.0. The van der Waals surface area contributed by atoms with Crippen LogP contribution < -0.4 is 38.5 Å². The molecular weight excluding hydrogens is 1660 g/mol. The van der Waals surface area contributed by atoms with Gasteiger partial charge in [-0.2, -0.15) is 41.4 Å². The van der Waals surface area contributed by atoms with Gasteiger partial charge in [-0.1, -0.05) is 23.5 Å². The van der Waals surface area contributed by atoms with Crippen LogP contribution in [0.1, 0.15) is 107 Å². The molecule has 1 saturated carbocycles. The highest BCUT2D eigenvalue weighted by Crippen LogP contribution is 2.39. The maximum atomic E-state index is 9.59.